The van der Waals surface area contributed by atoms with Gasteiger partial charge in [-0.2, -0.15) is 5.10 Å². The Morgan fingerprint density at radius 2 is 2.26 bits per heavy atom. The van der Waals surface area contributed by atoms with Gasteiger partial charge in [0.1, 0.15) is 12.4 Å². The van der Waals surface area contributed by atoms with Crippen molar-refractivity contribution in [3.63, 3.8) is 0 Å². The summed E-state index contributed by atoms with van der Waals surface area (Å²) in [6.07, 6.45) is 0.245. The van der Waals surface area contributed by atoms with Gasteiger partial charge in [0.2, 0.25) is 12.7 Å². The van der Waals surface area contributed by atoms with Gasteiger partial charge in [-0.05, 0) is 31.5 Å². The summed E-state index contributed by atoms with van der Waals surface area (Å²) in [6.45, 7) is 3.92. The summed E-state index contributed by atoms with van der Waals surface area (Å²) in [5, 5.41) is 7.69. The van der Waals surface area contributed by atoms with Crippen LogP contribution in [0.3, 0.4) is 0 Å². The van der Waals surface area contributed by atoms with E-state index in [1.807, 2.05) is 13.0 Å². The third kappa shape index (κ3) is 3.10. The summed E-state index contributed by atoms with van der Waals surface area (Å²) in [6, 6.07) is 3.62. The minimum absolute atomic E-state index is 0.0705. The van der Waals surface area contributed by atoms with E-state index < -0.39 is 5.97 Å². The summed E-state index contributed by atoms with van der Waals surface area (Å²) in [7, 11) is 0. The number of halogens is 1. The zero-order chi connectivity index (χ0) is 19.1. The van der Waals surface area contributed by atoms with Crippen molar-refractivity contribution in [2.75, 3.05) is 18.7 Å². The van der Waals surface area contributed by atoms with E-state index in [0.29, 0.717) is 22.3 Å². The maximum Gasteiger partial charge on any atom is 0.327 e. The number of aryl methyl sites for hydroxylation is 1. The van der Waals surface area contributed by atoms with Gasteiger partial charge in [-0.25, -0.2) is 4.68 Å². The third-order valence-electron chi connectivity index (χ3n) is 4.61. The Hall–Kier alpha value is -2.74. The molecule has 0 saturated carbocycles. The predicted molar refractivity (Wildman–Crippen MR) is 96.3 cm³/mol. The number of carbonyl (C=O) groups excluding carboxylic acids is 2. The van der Waals surface area contributed by atoms with Crippen molar-refractivity contribution in [3.05, 3.63) is 34.0 Å². The molecule has 0 spiro atoms. The molecule has 2 aromatic rings. The lowest BCUT2D eigenvalue weighted by Crippen LogP contribution is -2.26. The van der Waals surface area contributed by atoms with Crippen LogP contribution in [0.25, 0.3) is 0 Å². The molecule has 1 aromatic carbocycles. The van der Waals surface area contributed by atoms with Gasteiger partial charge in [-0.15, -0.1) is 0 Å². The second kappa shape index (κ2) is 6.77. The lowest BCUT2D eigenvalue weighted by molar-refractivity contribution is -0.144. The summed E-state index contributed by atoms with van der Waals surface area (Å²) in [5.41, 5.74) is 2.42. The summed E-state index contributed by atoms with van der Waals surface area (Å²) in [5.74, 6) is 0.751. The van der Waals surface area contributed by atoms with E-state index in [4.69, 9.17) is 25.8 Å². The molecule has 1 aromatic heterocycles. The van der Waals surface area contributed by atoms with Crippen molar-refractivity contribution in [3.8, 4) is 11.5 Å². The van der Waals surface area contributed by atoms with Crippen molar-refractivity contribution in [2.24, 2.45) is 0 Å². The maximum atomic E-state index is 12.3. The van der Waals surface area contributed by atoms with Gasteiger partial charge >= 0.3 is 5.97 Å². The molecule has 3 heterocycles. The molecule has 1 N–H and O–H groups in total. The Kier molecular flexibility index (Phi) is 4.43. The first-order valence-electron chi connectivity index (χ1n) is 8.59. The van der Waals surface area contributed by atoms with Crippen LogP contribution in [0.2, 0.25) is 5.02 Å². The fraction of sp³-hybridized carbons (Fsp3) is 0.389. The quantitative estimate of drug-likeness (QED) is 0.805. The van der Waals surface area contributed by atoms with Crippen LogP contribution in [-0.4, -0.2) is 35.1 Å². The molecule has 0 bridgehead atoms. The molecule has 0 radical (unpaired) electrons. The van der Waals surface area contributed by atoms with Gasteiger partial charge in [0.15, 0.2) is 11.5 Å². The first kappa shape index (κ1) is 17.7. The smallest absolute Gasteiger partial charge is 0.327 e. The summed E-state index contributed by atoms with van der Waals surface area (Å²) >= 11 is 6.32. The van der Waals surface area contributed by atoms with Crippen LogP contribution in [0, 0.1) is 6.92 Å². The van der Waals surface area contributed by atoms with Crippen molar-refractivity contribution < 1.29 is 23.8 Å². The lowest BCUT2D eigenvalue weighted by Gasteiger charge is -2.24. The van der Waals surface area contributed by atoms with Gasteiger partial charge in [-0.3, -0.25) is 9.59 Å². The molecule has 0 aliphatic carbocycles. The number of hydrogen-bond donors (Lipinski definition) is 1. The molecule has 9 heteroatoms. The second-order valence-electron chi connectivity index (χ2n) is 6.35. The van der Waals surface area contributed by atoms with E-state index in [2.05, 4.69) is 10.4 Å². The minimum Gasteiger partial charge on any atom is -0.465 e. The molecule has 1 unspecified atom stereocenters. The number of hydrogen-bond acceptors (Lipinski definition) is 6. The highest BCUT2D eigenvalue weighted by Crippen LogP contribution is 2.45. The zero-order valence-corrected chi connectivity index (χ0v) is 15.6. The maximum absolute atomic E-state index is 12.3. The summed E-state index contributed by atoms with van der Waals surface area (Å²) < 4.78 is 17.3. The molecule has 27 heavy (non-hydrogen) atoms. The second-order valence-corrected chi connectivity index (χ2v) is 6.76. The van der Waals surface area contributed by atoms with Crippen molar-refractivity contribution >= 4 is 29.3 Å². The number of amides is 1. The summed E-state index contributed by atoms with van der Waals surface area (Å²) in [4.78, 5) is 24.2. The first-order chi connectivity index (χ1) is 13.0. The Balaban J connectivity index is 1.76. The van der Waals surface area contributed by atoms with Crippen molar-refractivity contribution in [2.45, 2.75) is 32.7 Å². The van der Waals surface area contributed by atoms with Gasteiger partial charge in [0, 0.05) is 17.9 Å². The zero-order valence-electron chi connectivity index (χ0n) is 14.9. The highest BCUT2D eigenvalue weighted by Gasteiger charge is 2.34. The molecule has 1 amide bonds. The number of rotatable bonds is 4. The molecule has 142 valence electrons. The molecule has 0 saturated heterocycles. The fourth-order valence-electron chi connectivity index (χ4n) is 3.53. The van der Waals surface area contributed by atoms with Crippen LogP contribution in [0.5, 0.6) is 11.5 Å². The van der Waals surface area contributed by atoms with Gasteiger partial charge in [0.05, 0.1) is 17.3 Å². The third-order valence-corrected chi connectivity index (χ3v) is 4.89. The predicted octanol–water partition coefficient (Wildman–Crippen LogP) is 2.61. The Morgan fingerprint density at radius 1 is 1.44 bits per heavy atom. The van der Waals surface area contributed by atoms with E-state index in [-0.39, 0.29) is 38.2 Å². The molecule has 1 atom stereocenters. The average Bonchev–Trinajstić information content (AvgIpc) is 3.20. The highest BCUT2D eigenvalue weighted by atomic mass is 35.5. The van der Waals surface area contributed by atoms with E-state index >= 15 is 0 Å². The van der Waals surface area contributed by atoms with Gasteiger partial charge in [-0.1, -0.05) is 11.6 Å². The highest BCUT2D eigenvalue weighted by molar-refractivity contribution is 6.32. The van der Waals surface area contributed by atoms with Crippen molar-refractivity contribution in [1.29, 1.82) is 0 Å². The van der Waals surface area contributed by atoms with E-state index in [9.17, 15) is 9.59 Å². The number of benzene rings is 1. The molecule has 2 aliphatic rings. The normalized spacial score (nSPS) is 17.4. The number of nitrogens with one attached hydrogen (secondary N) is 1. The monoisotopic (exact) mass is 391 g/mol. The van der Waals surface area contributed by atoms with Crippen LogP contribution in [0.1, 0.15) is 36.1 Å². The SMILES string of the molecule is CCOC(=O)Cn1nc(C)c2c1NC(=O)CC2c1cc(Cl)c2c(c1)OCO2. The van der Waals surface area contributed by atoms with E-state index in [0.717, 1.165) is 16.8 Å². The van der Waals surface area contributed by atoms with Crippen LogP contribution < -0.4 is 14.8 Å². The lowest BCUT2D eigenvalue weighted by atomic mass is 9.85. The van der Waals surface area contributed by atoms with Gasteiger partial charge in [0.25, 0.3) is 0 Å². The molecule has 8 nitrogen and oxygen atoms in total. The van der Waals surface area contributed by atoms with Crippen molar-refractivity contribution in [1.82, 2.24) is 9.78 Å². The molecule has 2 aliphatic heterocycles. The number of aromatic nitrogens is 2. The molecular formula is C18H18ClN3O5. The van der Waals surface area contributed by atoms with Crippen LogP contribution in [0.15, 0.2) is 12.1 Å². The molecular weight excluding hydrogens is 374 g/mol. The standard InChI is InChI=1S/C18H18ClN3O5/c1-3-25-15(24)7-22-18-16(9(2)21-22)11(6-14(23)20-18)10-4-12(19)17-13(5-10)26-8-27-17/h4-5,11H,3,6-8H2,1-2H3,(H,20,23). The van der Waals surface area contributed by atoms with Gasteiger partial charge < -0.3 is 19.5 Å². The van der Waals surface area contributed by atoms with E-state index in [1.165, 1.54) is 4.68 Å². The molecule has 4 rings (SSSR count). The number of fused-ring (bicyclic) bond motifs is 2. The number of nitrogens with zero attached hydrogens (tertiary/aromatic N) is 2. The Labute approximate surface area is 160 Å². The van der Waals surface area contributed by atoms with Crippen LogP contribution in [-0.2, 0) is 20.9 Å². The average molecular weight is 392 g/mol. The number of ether oxygens (including phenoxy) is 3. The minimum atomic E-state index is -0.412. The van der Waals surface area contributed by atoms with E-state index in [1.54, 1.807) is 13.0 Å². The largest absolute Gasteiger partial charge is 0.465 e. The Bertz CT molecular complexity index is 940. The molecule has 0 fully saturated rings. The van der Waals surface area contributed by atoms with Crippen LogP contribution in [0.4, 0.5) is 5.82 Å². The number of anilines is 1. The first-order valence-corrected chi connectivity index (χ1v) is 8.97. The fourth-order valence-corrected chi connectivity index (χ4v) is 3.80. The Morgan fingerprint density at radius 3 is 3.04 bits per heavy atom. The topological polar surface area (TPSA) is 91.7 Å². The van der Waals surface area contributed by atoms with Crippen LogP contribution >= 0.6 is 11.6 Å². The number of carbonyl (C=O) groups is 2. The number of esters is 1.